The lowest BCUT2D eigenvalue weighted by Crippen LogP contribution is -2.23. The largest absolute Gasteiger partial charge is 0.369 e. The first-order valence-corrected chi connectivity index (χ1v) is 7.10. The SMILES string of the molecule is CC(C)(C)c1cc(=O)[nH]c(/N=C(/N)Nc2ccc(Cl)cc2)n1. The molecule has 0 aliphatic heterocycles. The summed E-state index contributed by atoms with van der Waals surface area (Å²) in [5.41, 5.74) is 6.69. The molecule has 0 aliphatic carbocycles. The number of guanidine groups is 1. The van der Waals surface area contributed by atoms with E-state index >= 15 is 0 Å². The number of halogens is 1. The van der Waals surface area contributed by atoms with Crippen molar-refractivity contribution in [1.82, 2.24) is 9.97 Å². The smallest absolute Gasteiger partial charge is 0.252 e. The summed E-state index contributed by atoms with van der Waals surface area (Å²) in [4.78, 5) is 22.7. The van der Waals surface area contributed by atoms with E-state index in [1.165, 1.54) is 6.07 Å². The highest BCUT2D eigenvalue weighted by Crippen LogP contribution is 2.19. The summed E-state index contributed by atoms with van der Waals surface area (Å²) in [5.74, 6) is 0.285. The fourth-order valence-corrected chi connectivity index (χ4v) is 1.83. The molecule has 0 amide bonds. The van der Waals surface area contributed by atoms with Crippen LogP contribution >= 0.6 is 11.6 Å². The van der Waals surface area contributed by atoms with Crippen molar-refractivity contribution in [3.05, 3.63) is 51.4 Å². The van der Waals surface area contributed by atoms with Crippen LogP contribution in [-0.4, -0.2) is 15.9 Å². The van der Waals surface area contributed by atoms with Crippen molar-refractivity contribution in [3.8, 4) is 0 Å². The lowest BCUT2D eigenvalue weighted by Gasteiger charge is -2.17. The molecule has 0 aliphatic rings. The summed E-state index contributed by atoms with van der Waals surface area (Å²) in [7, 11) is 0. The molecule has 0 radical (unpaired) electrons. The summed E-state index contributed by atoms with van der Waals surface area (Å²) >= 11 is 5.82. The number of aliphatic imine (C=N–C) groups is 1. The van der Waals surface area contributed by atoms with E-state index in [2.05, 4.69) is 20.3 Å². The Balaban J connectivity index is 2.26. The zero-order valence-corrected chi connectivity index (χ0v) is 13.4. The summed E-state index contributed by atoms with van der Waals surface area (Å²) in [6.07, 6.45) is 0. The minimum Gasteiger partial charge on any atom is -0.369 e. The number of aromatic amines is 1. The van der Waals surface area contributed by atoms with E-state index < -0.39 is 0 Å². The molecule has 0 saturated heterocycles. The number of benzene rings is 1. The lowest BCUT2D eigenvalue weighted by atomic mass is 9.92. The van der Waals surface area contributed by atoms with Crippen LogP contribution in [0.5, 0.6) is 0 Å². The average Bonchev–Trinajstić information content (AvgIpc) is 2.39. The molecule has 0 bridgehead atoms. The van der Waals surface area contributed by atoms with E-state index in [1.807, 2.05) is 20.8 Å². The topological polar surface area (TPSA) is 96.2 Å². The van der Waals surface area contributed by atoms with Gasteiger partial charge >= 0.3 is 0 Å². The minimum absolute atomic E-state index is 0.122. The third kappa shape index (κ3) is 4.33. The van der Waals surface area contributed by atoms with Crippen LogP contribution in [0.4, 0.5) is 11.6 Å². The van der Waals surface area contributed by atoms with E-state index in [0.29, 0.717) is 10.7 Å². The van der Waals surface area contributed by atoms with Gasteiger partial charge in [0, 0.05) is 22.2 Å². The van der Waals surface area contributed by atoms with Gasteiger partial charge < -0.3 is 11.1 Å². The Kier molecular flexibility index (Phi) is 4.51. The zero-order valence-electron chi connectivity index (χ0n) is 12.6. The molecule has 22 heavy (non-hydrogen) atoms. The van der Waals surface area contributed by atoms with Gasteiger partial charge in [0.1, 0.15) is 0 Å². The highest BCUT2D eigenvalue weighted by atomic mass is 35.5. The molecule has 4 N–H and O–H groups in total. The maximum atomic E-state index is 11.7. The zero-order chi connectivity index (χ0) is 16.3. The fourth-order valence-electron chi connectivity index (χ4n) is 1.71. The van der Waals surface area contributed by atoms with Crippen molar-refractivity contribution >= 4 is 29.2 Å². The second-order valence-electron chi connectivity index (χ2n) is 5.83. The first kappa shape index (κ1) is 16.0. The van der Waals surface area contributed by atoms with Crippen LogP contribution in [-0.2, 0) is 5.41 Å². The maximum Gasteiger partial charge on any atom is 0.252 e. The van der Waals surface area contributed by atoms with E-state index in [0.717, 1.165) is 5.69 Å². The molecule has 6 nitrogen and oxygen atoms in total. The van der Waals surface area contributed by atoms with E-state index in [-0.39, 0.29) is 22.9 Å². The number of rotatable bonds is 2. The average molecular weight is 320 g/mol. The maximum absolute atomic E-state index is 11.7. The number of nitrogens with zero attached hydrogens (tertiary/aromatic N) is 2. The Hall–Kier alpha value is -2.34. The monoisotopic (exact) mass is 319 g/mol. The Morgan fingerprint density at radius 3 is 2.55 bits per heavy atom. The molecule has 0 spiro atoms. The van der Waals surface area contributed by atoms with Crippen molar-refractivity contribution in [2.24, 2.45) is 10.7 Å². The van der Waals surface area contributed by atoms with Crippen LogP contribution in [0.1, 0.15) is 26.5 Å². The quantitative estimate of drug-likeness (QED) is 0.585. The van der Waals surface area contributed by atoms with Gasteiger partial charge in [-0.05, 0) is 24.3 Å². The normalized spacial score (nSPS) is 12.3. The van der Waals surface area contributed by atoms with Crippen molar-refractivity contribution in [2.45, 2.75) is 26.2 Å². The molecule has 116 valence electrons. The van der Waals surface area contributed by atoms with Crippen molar-refractivity contribution in [1.29, 1.82) is 0 Å². The Bertz CT molecular complexity index is 744. The number of anilines is 1. The van der Waals surface area contributed by atoms with Gasteiger partial charge in [0.05, 0.1) is 5.69 Å². The first-order chi connectivity index (χ1) is 10.2. The van der Waals surface area contributed by atoms with Gasteiger partial charge in [-0.25, -0.2) is 4.98 Å². The lowest BCUT2D eigenvalue weighted by molar-refractivity contribution is 0.566. The first-order valence-electron chi connectivity index (χ1n) is 6.72. The third-order valence-electron chi connectivity index (χ3n) is 2.84. The predicted molar refractivity (Wildman–Crippen MR) is 89.9 cm³/mol. The Morgan fingerprint density at radius 1 is 1.32 bits per heavy atom. The number of nitrogens with one attached hydrogen (secondary N) is 2. The molecule has 0 atom stereocenters. The predicted octanol–water partition coefficient (Wildman–Crippen LogP) is 2.78. The third-order valence-corrected chi connectivity index (χ3v) is 3.09. The van der Waals surface area contributed by atoms with Crippen LogP contribution in [0.25, 0.3) is 0 Å². The standard InChI is InChI=1S/C15H18ClN5O/c1-15(2,3)11-8-12(22)20-14(19-11)21-13(17)18-10-6-4-9(16)5-7-10/h4-8H,1-3H3,(H4,17,18,19,20,21,22). The van der Waals surface area contributed by atoms with E-state index in [4.69, 9.17) is 17.3 Å². The number of H-pyrrole nitrogens is 1. The van der Waals surface area contributed by atoms with E-state index in [9.17, 15) is 4.79 Å². The van der Waals surface area contributed by atoms with Crippen LogP contribution in [0.3, 0.4) is 0 Å². The van der Waals surface area contributed by atoms with Crippen molar-refractivity contribution < 1.29 is 0 Å². The van der Waals surface area contributed by atoms with Crippen molar-refractivity contribution in [2.75, 3.05) is 5.32 Å². The number of hydrogen-bond donors (Lipinski definition) is 3. The molecule has 1 aromatic carbocycles. The van der Waals surface area contributed by atoms with Gasteiger partial charge in [0.15, 0.2) is 0 Å². The van der Waals surface area contributed by atoms with Gasteiger partial charge in [-0.1, -0.05) is 32.4 Å². The molecule has 1 heterocycles. The summed E-state index contributed by atoms with van der Waals surface area (Å²) in [6, 6.07) is 8.47. The van der Waals surface area contributed by atoms with Crippen molar-refractivity contribution in [3.63, 3.8) is 0 Å². The minimum atomic E-state index is -0.266. The molecule has 0 unspecified atom stereocenters. The fraction of sp³-hybridized carbons (Fsp3) is 0.267. The molecule has 0 fully saturated rings. The van der Waals surface area contributed by atoms with Gasteiger partial charge in [-0.15, -0.1) is 0 Å². The van der Waals surface area contributed by atoms with Gasteiger partial charge in [0.2, 0.25) is 11.9 Å². The molecule has 2 rings (SSSR count). The van der Waals surface area contributed by atoms with Gasteiger partial charge in [0.25, 0.3) is 5.56 Å². The number of hydrogen-bond acceptors (Lipinski definition) is 3. The Labute approximate surface area is 133 Å². The Morgan fingerprint density at radius 2 is 1.95 bits per heavy atom. The molecule has 7 heteroatoms. The van der Waals surface area contributed by atoms with Crippen LogP contribution in [0, 0.1) is 0 Å². The summed E-state index contributed by atoms with van der Waals surface area (Å²) in [6.45, 7) is 5.91. The molecular formula is C15H18ClN5O. The highest BCUT2D eigenvalue weighted by Gasteiger charge is 2.17. The van der Waals surface area contributed by atoms with Crippen LogP contribution in [0.2, 0.25) is 5.02 Å². The van der Waals surface area contributed by atoms with Gasteiger partial charge in [-0.2, -0.15) is 4.99 Å². The number of nitrogens with two attached hydrogens (primary N) is 1. The van der Waals surface area contributed by atoms with Crippen LogP contribution < -0.4 is 16.6 Å². The van der Waals surface area contributed by atoms with Crippen LogP contribution in [0.15, 0.2) is 40.1 Å². The summed E-state index contributed by atoms with van der Waals surface area (Å²) in [5, 5.41) is 3.53. The molecule has 0 saturated carbocycles. The molecular weight excluding hydrogens is 302 g/mol. The number of aromatic nitrogens is 2. The molecule has 1 aromatic heterocycles. The second-order valence-corrected chi connectivity index (χ2v) is 6.27. The molecule has 2 aromatic rings. The highest BCUT2D eigenvalue weighted by molar-refractivity contribution is 6.30. The summed E-state index contributed by atoms with van der Waals surface area (Å²) < 4.78 is 0. The van der Waals surface area contributed by atoms with E-state index in [1.54, 1.807) is 24.3 Å². The second kappa shape index (κ2) is 6.19. The van der Waals surface area contributed by atoms with Gasteiger partial charge in [-0.3, -0.25) is 9.78 Å².